The van der Waals surface area contributed by atoms with Crippen LogP contribution in [-0.2, 0) is 0 Å². The second-order valence-electron chi connectivity index (χ2n) is 10.4. The van der Waals surface area contributed by atoms with Crippen LogP contribution >= 0.6 is 0 Å². The van der Waals surface area contributed by atoms with Gasteiger partial charge in [-0.05, 0) is 51.2 Å². The van der Waals surface area contributed by atoms with E-state index in [1.54, 1.807) is 6.07 Å². The lowest BCUT2D eigenvalue weighted by Crippen LogP contribution is -2.34. The molecule has 2 N–H and O–H groups in total. The maximum atomic E-state index is 10.5. The molecule has 0 spiro atoms. The van der Waals surface area contributed by atoms with E-state index in [0.29, 0.717) is 11.2 Å². The van der Waals surface area contributed by atoms with E-state index in [2.05, 4.69) is 126 Å². The van der Waals surface area contributed by atoms with Gasteiger partial charge in [-0.3, -0.25) is 0 Å². The molecule has 3 nitrogen and oxygen atoms in total. The first-order valence-corrected chi connectivity index (χ1v) is 14.1. The minimum absolute atomic E-state index is 0.435. The number of fused-ring (bicyclic) bond motifs is 2. The molecule has 0 atom stereocenters. The van der Waals surface area contributed by atoms with Gasteiger partial charge in [0.25, 0.3) is 0 Å². The Kier molecular flexibility index (Phi) is 6.77. The van der Waals surface area contributed by atoms with Gasteiger partial charge in [0, 0.05) is 21.9 Å². The summed E-state index contributed by atoms with van der Waals surface area (Å²) in [6, 6.07) is 53.8. The second-order valence-corrected chi connectivity index (χ2v) is 10.4. The molecule has 0 heterocycles. The molecule has 0 saturated carbocycles. The van der Waals surface area contributed by atoms with Crippen LogP contribution in [0.1, 0.15) is 0 Å². The van der Waals surface area contributed by atoms with Gasteiger partial charge < -0.3 is 14.9 Å². The first-order valence-electron chi connectivity index (χ1n) is 14.1. The van der Waals surface area contributed by atoms with Crippen molar-refractivity contribution in [3.63, 3.8) is 0 Å². The van der Waals surface area contributed by atoms with Gasteiger partial charge in [-0.1, -0.05) is 140 Å². The van der Waals surface area contributed by atoms with E-state index < -0.39 is 7.12 Å². The third kappa shape index (κ3) is 4.53. The highest BCUT2D eigenvalue weighted by atomic mass is 16.4. The first kappa shape index (κ1) is 25.8. The standard InChI is InChI=1S/C38H28BNO2/c41-39(42)35-21-11-12-22-38(35)40(36-25-23-29(27-13-3-1-4-14-27)31-17-7-9-19-33(31)36)37-26-24-30(28-15-5-2-6-16-28)32-18-8-10-20-34(32)37/h1-26,41-42H. The zero-order chi connectivity index (χ0) is 28.5. The summed E-state index contributed by atoms with van der Waals surface area (Å²) in [6.45, 7) is 0. The number of nitrogens with zero attached hydrogens (tertiary/aromatic N) is 1. The van der Waals surface area contributed by atoms with Crippen LogP contribution in [0.5, 0.6) is 0 Å². The Morgan fingerprint density at radius 2 is 0.762 bits per heavy atom. The number of hydrogen-bond acceptors (Lipinski definition) is 3. The van der Waals surface area contributed by atoms with Gasteiger partial charge in [0.15, 0.2) is 0 Å². The average molecular weight is 541 g/mol. The minimum atomic E-state index is -1.63. The Labute approximate surface area is 245 Å². The lowest BCUT2D eigenvalue weighted by Gasteiger charge is -2.31. The lowest BCUT2D eigenvalue weighted by atomic mass is 9.78. The van der Waals surface area contributed by atoms with Crippen molar-refractivity contribution in [1.29, 1.82) is 0 Å². The molecule has 0 saturated heterocycles. The van der Waals surface area contributed by atoms with E-state index in [1.807, 2.05) is 30.3 Å². The summed E-state index contributed by atoms with van der Waals surface area (Å²) in [4.78, 5) is 2.17. The second kappa shape index (κ2) is 11.0. The molecule has 0 aliphatic carbocycles. The largest absolute Gasteiger partial charge is 0.490 e. The van der Waals surface area contributed by atoms with Crippen molar-refractivity contribution in [2.24, 2.45) is 0 Å². The highest BCUT2D eigenvalue weighted by Crippen LogP contribution is 2.45. The molecular formula is C38H28BNO2. The van der Waals surface area contributed by atoms with Gasteiger partial charge >= 0.3 is 7.12 Å². The maximum Gasteiger partial charge on any atom is 0.490 e. The van der Waals surface area contributed by atoms with Crippen LogP contribution in [0, 0.1) is 0 Å². The fraction of sp³-hybridized carbons (Fsp3) is 0. The molecule has 7 aromatic rings. The van der Waals surface area contributed by atoms with Crippen LogP contribution in [-0.4, -0.2) is 17.2 Å². The molecule has 7 rings (SSSR count). The van der Waals surface area contributed by atoms with Crippen molar-refractivity contribution in [2.75, 3.05) is 4.90 Å². The number of para-hydroxylation sites is 1. The van der Waals surface area contributed by atoms with Crippen molar-refractivity contribution >= 4 is 51.2 Å². The zero-order valence-electron chi connectivity index (χ0n) is 22.9. The molecule has 200 valence electrons. The van der Waals surface area contributed by atoms with E-state index in [-0.39, 0.29) is 0 Å². The lowest BCUT2D eigenvalue weighted by molar-refractivity contribution is 0.426. The van der Waals surface area contributed by atoms with Gasteiger partial charge in [0.05, 0.1) is 11.4 Å². The summed E-state index contributed by atoms with van der Waals surface area (Å²) in [5, 5.41) is 25.4. The van der Waals surface area contributed by atoms with Gasteiger partial charge in [0.2, 0.25) is 0 Å². The molecule has 0 bridgehead atoms. The summed E-state index contributed by atoms with van der Waals surface area (Å²) in [7, 11) is -1.63. The summed E-state index contributed by atoms with van der Waals surface area (Å²) in [5.74, 6) is 0. The predicted octanol–water partition coefficient (Wildman–Crippen LogP) is 8.48. The maximum absolute atomic E-state index is 10.5. The number of benzene rings is 7. The first-order chi connectivity index (χ1) is 20.7. The Hall–Kier alpha value is -5.16. The van der Waals surface area contributed by atoms with Crippen molar-refractivity contribution in [1.82, 2.24) is 0 Å². The molecule has 0 fully saturated rings. The highest BCUT2D eigenvalue weighted by molar-refractivity contribution is 6.60. The molecule has 0 amide bonds. The predicted molar refractivity (Wildman–Crippen MR) is 177 cm³/mol. The van der Waals surface area contributed by atoms with Crippen LogP contribution in [0.15, 0.2) is 158 Å². The fourth-order valence-corrected chi connectivity index (χ4v) is 5.99. The monoisotopic (exact) mass is 541 g/mol. The Morgan fingerprint density at radius 3 is 1.24 bits per heavy atom. The molecule has 0 aliphatic rings. The topological polar surface area (TPSA) is 43.7 Å². The number of anilines is 3. The van der Waals surface area contributed by atoms with Crippen LogP contribution in [0.25, 0.3) is 43.8 Å². The molecule has 0 radical (unpaired) electrons. The van der Waals surface area contributed by atoms with E-state index in [9.17, 15) is 10.0 Å². The molecule has 7 aromatic carbocycles. The Balaban J connectivity index is 1.54. The van der Waals surface area contributed by atoms with Crippen molar-refractivity contribution in [2.45, 2.75) is 0 Å². The molecule has 0 unspecified atom stereocenters. The van der Waals surface area contributed by atoms with Crippen molar-refractivity contribution < 1.29 is 10.0 Å². The molecule has 0 aromatic heterocycles. The van der Waals surface area contributed by atoms with Crippen LogP contribution in [0.4, 0.5) is 17.1 Å². The number of hydrogen-bond donors (Lipinski definition) is 2. The molecule has 4 heteroatoms. The van der Waals surface area contributed by atoms with Crippen LogP contribution in [0.2, 0.25) is 0 Å². The minimum Gasteiger partial charge on any atom is -0.423 e. The third-order valence-electron chi connectivity index (χ3n) is 7.91. The molecular weight excluding hydrogens is 513 g/mol. The summed E-state index contributed by atoms with van der Waals surface area (Å²) in [5.41, 5.74) is 7.65. The quantitative estimate of drug-likeness (QED) is 0.208. The number of rotatable bonds is 6. The van der Waals surface area contributed by atoms with Crippen molar-refractivity contribution in [3.05, 3.63) is 158 Å². The third-order valence-corrected chi connectivity index (χ3v) is 7.91. The smallest absolute Gasteiger partial charge is 0.423 e. The van der Waals surface area contributed by atoms with E-state index >= 15 is 0 Å². The summed E-state index contributed by atoms with van der Waals surface area (Å²) >= 11 is 0. The van der Waals surface area contributed by atoms with Gasteiger partial charge in [-0.2, -0.15) is 0 Å². The van der Waals surface area contributed by atoms with Gasteiger partial charge in [0.1, 0.15) is 0 Å². The Morgan fingerprint density at radius 1 is 0.357 bits per heavy atom. The summed E-state index contributed by atoms with van der Waals surface area (Å²) in [6.07, 6.45) is 0. The highest BCUT2D eigenvalue weighted by Gasteiger charge is 2.25. The zero-order valence-corrected chi connectivity index (χ0v) is 22.9. The van der Waals surface area contributed by atoms with E-state index in [0.717, 1.165) is 55.2 Å². The fourth-order valence-electron chi connectivity index (χ4n) is 5.99. The SMILES string of the molecule is OB(O)c1ccccc1N(c1ccc(-c2ccccc2)c2ccccc12)c1ccc(-c2ccccc2)c2ccccc12. The normalized spacial score (nSPS) is 11.1. The van der Waals surface area contributed by atoms with E-state index in [1.165, 1.54) is 0 Å². The molecule has 42 heavy (non-hydrogen) atoms. The van der Waals surface area contributed by atoms with Gasteiger partial charge in [-0.25, -0.2) is 0 Å². The van der Waals surface area contributed by atoms with Gasteiger partial charge in [-0.15, -0.1) is 0 Å². The average Bonchev–Trinajstić information content (AvgIpc) is 3.06. The van der Waals surface area contributed by atoms with Crippen LogP contribution < -0.4 is 10.4 Å². The molecule has 0 aliphatic heterocycles. The van der Waals surface area contributed by atoms with E-state index in [4.69, 9.17) is 0 Å². The van der Waals surface area contributed by atoms with Crippen LogP contribution in [0.3, 0.4) is 0 Å². The Bertz CT molecular complexity index is 1900. The summed E-state index contributed by atoms with van der Waals surface area (Å²) < 4.78 is 0. The van der Waals surface area contributed by atoms with Crippen molar-refractivity contribution in [3.8, 4) is 22.3 Å².